The molecule has 5 nitrogen and oxygen atoms in total. The molecule has 0 aliphatic heterocycles. The molecule has 5 heteroatoms. The molecular formula is C11H18O5. The first-order valence-electron chi connectivity index (χ1n) is 5.12. The average Bonchev–Trinajstić information content (AvgIpc) is 2.18. The quantitative estimate of drug-likeness (QED) is 0.412. The predicted octanol–water partition coefficient (Wildman–Crippen LogP) is 0.666. The standard InChI is InChI=1S/C11H18O5/c1-5-15-10(13)8(9(12)7(3)4)11(14)16-6-2/h8-9,12H,3,5-6H2,1-2,4H3. The van der Waals surface area contributed by atoms with Crippen molar-refractivity contribution in [3.63, 3.8) is 0 Å². The molecule has 0 saturated carbocycles. The van der Waals surface area contributed by atoms with Gasteiger partial charge in [-0.15, -0.1) is 0 Å². The number of carbonyl (C=O) groups is 2. The molecule has 0 radical (unpaired) electrons. The minimum Gasteiger partial charge on any atom is -0.465 e. The van der Waals surface area contributed by atoms with Crippen LogP contribution in [0.2, 0.25) is 0 Å². The van der Waals surface area contributed by atoms with Gasteiger partial charge in [-0.25, -0.2) is 0 Å². The Morgan fingerprint density at radius 3 is 1.81 bits per heavy atom. The monoisotopic (exact) mass is 230 g/mol. The maximum atomic E-state index is 11.5. The van der Waals surface area contributed by atoms with Crippen LogP contribution in [0.15, 0.2) is 12.2 Å². The second-order valence-corrected chi connectivity index (χ2v) is 3.27. The minimum atomic E-state index is -1.35. The lowest BCUT2D eigenvalue weighted by atomic mass is 9.97. The van der Waals surface area contributed by atoms with Gasteiger partial charge in [-0.3, -0.25) is 9.59 Å². The second-order valence-electron chi connectivity index (χ2n) is 3.27. The van der Waals surface area contributed by atoms with Crippen molar-refractivity contribution in [3.8, 4) is 0 Å². The summed E-state index contributed by atoms with van der Waals surface area (Å²) < 4.78 is 9.40. The van der Waals surface area contributed by atoms with Gasteiger partial charge in [-0.2, -0.15) is 0 Å². The highest BCUT2D eigenvalue weighted by molar-refractivity contribution is 5.96. The molecular weight excluding hydrogens is 212 g/mol. The van der Waals surface area contributed by atoms with Gasteiger partial charge in [0, 0.05) is 0 Å². The number of hydrogen-bond donors (Lipinski definition) is 1. The number of ether oxygens (including phenoxy) is 2. The van der Waals surface area contributed by atoms with Crippen molar-refractivity contribution < 1.29 is 24.2 Å². The molecule has 0 aromatic carbocycles. The highest BCUT2D eigenvalue weighted by Gasteiger charge is 2.36. The number of rotatable bonds is 6. The highest BCUT2D eigenvalue weighted by Crippen LogP contribution is 2.15. The molecule has 1 N–H and O–H groups in total. The van der Waals surface area contributed by atoms with Crippen LogP contribution in [0.5, 0.6) is 0 Å². The molecule has 0 aromatic rings. The van der Waals surface area contributed by atoms with Crippen LogP contribution in [0, 0.1) is 5.92 Å². The smallest absolute Gasteiger partial charge is 0.323 e. The third kappa shape index (κ3) is 4.02. The van der Waals surface area contributed by atoms with Gasteiger partial charge in [0.25, 0.3) is 0 Å². The first kappa shape index (κ1) is 14.6. The number of carbonyl (C=O) groups excluding carboxylic acids is 2. The lowest BCUT2D eigenvalue weighted by Gasteiger charge is -2.19. The Hall–Kier alpha value is -1.36. The number of aliphatic hydroxyl groups is 1. The van der Waals surface area contributed by atoms with Crippen LogP contribution in [-0.4, -0.2) is 36.4 Å². The van der Waals surface area contributed by atoms with Crippen molar-refractivity contribution in [3.05, 3.63) is 12.2 Å². The van der Waals surface area contributed by atoms with Gasteiger partial charge in [-0.05, 0) is 20.8 Å². The predicted molar refractivity (Wildman–Crippen MR) is 57.6 cm³/mol. The van der Waals surface area contributed by atoms with Crippen molar-refractivity contribution in [2.24, 2.45) is 5.92 Å². The fraction of sp³-hybridized carbons (Fsp3) is 0.636. The number of esters is 2. The van der Waals surface area contributed by atoms with E-state index in [9.17, 15) is 14.7 Å². The van der Waals surface area contributed by atoms with Gasteiger partial charge in [0.2, 0.25) is 0 Å². The molecule has 16 heavy (non-hydrogen) atoms. The Balaban J connectivity index is 4.82. The van der Waals surface area contributed by atoms with Gasteiger partial charge in [0.15, 0.2) is 5.92 Å². The van der Waals surface area contributed by atoms with Crippen LogP contribution in [0.4, 0.5) is 0 Å². The topological polar surface area (TPSA) is 72.8 Å². The van der Waals surface area contributed by atoms with Crippen LogP contribution >= 0.6 is 0 Å². The average molecular weight is 230 g/mol. The SMILES string of the molecule is C=C(C)C(O)C(C(=O)OCC)C(=O)OCC. The van der Waals surface area contributed by atoms with Crippen LogP contribution in [0.1, 0.15) is 20.8 Å². The Kier molecular flexibility index (Phi) is 6.41. The summed E-state index contributed by atoms with van der Waals surface area (Å²) in [7, 11) is 0. The molecule has 0 rings (SSSR count). The summed E-state index contributed by atoms with van der Waals surface area (Å²) in [6, 6.07) is 0. The molecule has 0 fully saturated rings. The number of hydrogen-bond acceptors (Lipinski definition) is 5. The van der Waals surface area contributed by atoms with Crippen molar-refractivity contribution in [1.29, 1.82) is 0 Å². The van der Waals surface area contributed by atoms with E-state index in [1.165, 1.54) is 6.92 Å². The largest absolute Gasteiger partial charge is 0.465 e. The van der Waals surface area contributed by atoms with Gasteiger partial charge in [-0.1, -0.05) is 12.2 Å². The normalized spacial score (nSPS) is 12.1. The van der Waals surface area contributed by atoms with Crippen LogP contribution in [-0.2, 0) is 19.1 Å². The van der Waals surface area contributed by atoms with Gasteiger partial charge in [0.1, 0.15) is 0 Å². The van der Waals surface area contributed by atoms with E-state index >= 15 is 0 Å². The van der Waals surface area contributed by atoms with Crippen LogP contribution in [0.25, 0.3) is 0 Å². The Morgan fingerprint density at radius 2 is 1.56 bits per heavy atom. The molecule has 0 saturated heterocycles. The Bertz CT molecular complexity index is 254. The van der Waals surface area contributed by atoms with E-state index in [1.807, 2.05) is 0 Å². The van der Waals surface area contributed by atoms with E-state index in [0.717, 1.165) is 0 Å². The minimum absolute atomic E-state index is 0.137. The summed E-state index contributed by atoms with van der Waals surface area (Å²) in [5.74, 6) is -2.94. The fourth-order valence-electron chi connectivity index (χ4n) is 1.10. The van der Waals surface area contributed by atoms with Crippen molar-refractivity contribution in [2.75, 3.05) is 13.2 Å². The molecule has 0 amide bonds. The highest BCUT2D eigenvalue weighted by atomic mass is 16.6. The molecule has 1 unspecified atom stereocenters. The fourth-order valence-corrected chi connectivity index (χ4v) is 1.10. The molecule has 92 valence electrons. The maximum absolute atomic E-state index is 11.5. The van der Waals surface area contributed by atoms with Crippen molar-refractivity contribution in [1.82, 2.24) is 0 Å². The zero-order valence-corrected chi connectivity index (χ0v) is 9.86. The van der Waals surface area contributed by atoms with E-state index in [1.54, 1.807) is 13.8 Å². The molecule has 0 heterocycles. The van der Waals surface area contributed by atoms with Gasteiger partial charge in [0.05, 0.1) is 19.3 Å². The summed E-state index contributed by atoms with van der Waals surface area (Å²) in [6.45, 7) is 8.53. The van der Waals surface area contributed by atoms with E-state index < -0.39 is 24.0 Å². The zero-order chi connectivity index (χ0) is 12.7. The molecule has 0 aromatic heterocycles. The lowest BCUT2D eigenvalue weighted by Crippen LogP contribution is -2.38. The maximum Gasteiger partial charge on any atom is 0.323 e. The third-order valence-electron chi connectivity index (χ3n) is 1.90. The zero-order valence-electron chi connectivity index (χ0n) is 9.86. The summed E-state index contributed by atoms with van der Waals surface area (Å²) >= 11 is 0. The number of aliphatic hydroxyl groups excluding tert-OH is 1. The third-order valence-corrected chi connectivity index (χ3v) is 1.90. The molecule has 0 aliphatic rings. The Morgan fingerprint density at radius 1 is 1.19 bits per heavy atom. The summed E-state index contributed by atoms with van der Waals surface area (Å²) in [5, 5.41) is 9.68. The van der Waals surface area contributed by atoms with Crippen molar-refractivity contribution >= 4 is 11.9 Å². The van der Waals surface area contributed by atoms with E-state index in [-0.39, 0.29) is 13.2 Å². The molecule has 0 bridgehead atoms. The summed E-state index contributed by atoms with van der Waals surface area (Å²) in [6.07, 6.45) is -1.28. The van der Waals surface area contributed by atoms with E-state index in [0.29, 0.717) is 5.57 Å². The van der Waals surface area contributed by atoms with E-state index in [4.69, 9.17) is 9.47 Å². The van der Waals surface area contributed by atoms with E-state index in [2.05, 4.69) is 6.58 Å². The Labute approximate surface area is 95.0 Å². The van der Waals surface area contributed by atoms with Crippen LogP contribution < -0.4 is 0 Å². The molecule has 0 spiro atoms. The molecule has 0 aliphatic carbocycles. The van der Waals surface area contributed by atoms with Gasteiger partial charge >= 0.3 is 11.9 Å². The first-order chi connectivity index (χ1) is 7.45. The van der Waals surface area contributed by atoms with Crippen LogP contribution in [0.3, 0.4) is 0 Å². The molecule has 1 atom stereocenters. The van der Waals surface area contributed by atoms with Crippen molar-refractivity contribution in [2.45, 2.75) is 26.9 Å². The second kappa shape index (κ2) is 7.00. The van der Waals surface area contributed by atoms with Gasteiger partial charge < -0.3 is 14.6 Å². The summed E-state index contributed by atoms with van der Waals surface area (Å²) in [5.41, 5.74) is 0.311. The first-order valence-corrected chi connectivity index (χ1v) is 5.12. The summed E-state index contributed by atoms with van der Waals surface area (Å²) in [4.78, 5) is 23.0. The lowest BCUT2D eigenvalue weighted by molar-refractivity contribution is -0.165.